The smallest absolute Gasteiger partial charge is 0.417 e. The molecule has 1 amide bonds. The van der Waals surface area contributed by atoms with Gasteiger partial charge in [0.15, 0.2) is 17.3 Å². The van der Waals surface area contributed by atoms with Crippen molar-refractivity contribution in [1.29, 1.82) is 0 Å². The van der Waals surface area contributed by atoms with Gasteiger partial charge < -0.3 is 26.0 Å². The number of hydrogen-bond donors (Lipinski definition) is 4. The number of fused-ring (bicyclic) bond motifs is 1. The van der Waals surface area contributed by atoms with Crippen LogP contribution in [-0.2, 0) is 0 Å². The van der Waals surface area contributed by atoms with Crippen molar-refractivity contribution >= 4 is 23.2 Å². The number of carboxylic acid groups (broad SMARTS) is 1. The highest BCUT2D eigenvalue weighted by atomic mass is 19.4. The number of aliphatic hydroxyl groups is 1. The number of rotatable bonds is 6. The predicted molar refractivity (Wildman–Crippen MR) is 110 cm³/mol. The molecule has 0 unspecified atom stereocenters. The molecule has 4 rings (SSSR count). The van der Waals surface area contributed by atoms with Crippen LogP contribution in [0.25, 0.3) is 16.9 Å². The first kappa shape index (κ1) is 24.0. The Balaban J connectivity index is 0.000000709. The number of nitrogens with two attached hydrogens (primary N) is 1. The maximum absolute atomic E-state index is 12.3. The normalized spacial score (nSPS) is 15.0. The van der Waals surface area contributed by atoms with Crippen molar-refractivity contribution in [3.63, 3.8) is 0 Å². The second-order valence-corrected chi connectivity index (χ2v) is 7.23. The van der Waals surface area contributed by atoms with Crippen molar-refractivity contribution in [2.24, 2.45) is 5.73 Å². The molecule has 0 radical (unpaired) electrons. The number of amides is 1. The number of benzene rings is 1. The molecule has 0 bridgehead atoms. The fourth-order valence-electron chi connectivity index (χ4n) is 3.18. The van der Waals surface area contributed by atoms with Crippen LogP contribution in [0.15, 0.2) is 30.5 Å². The highest BCUT2D eigenvalue weighted by Crippen LogP contribution is 2.24. The van der Waals surface area contributed by atoms with Crippen LogP contribution in [-0.4, -0.2) is 66.2 Å². The molecule has 1 aromatic carbocycles. The molecule has 0 spiro atoms. The maximum Gasteiger partial charge on any atom is 0.417 e. The summed E-state index contributed by atoms with van der Waals surface area (Å²) in [6, 6.07) is 6.58. The van der Waals surface area contributed by atoms with E-state index in [1.165, 1.54) is 29.7 Å². The minimum atomic E-state index is -4.72. The van der Waals surface area contributed by atoms with Gasteiger partial charge in [-0.15, -0.1) is 5.10 Å². The first-order valence-electron chi connectivity index (χ1n) is 9.95. The Labute approximate surface area is 185 Å². The number of nitrogens with one attached hydrogen (secondary N) is 1. The lowest BCUT2D eigenvalue weighted by Gasteiger charge is -2.15. The SMILES string of the molecule is NC(=O)O.O[C@H](COc1ccc(-n2nnc3cnc(NC4CCCC4)nc32)cc1)C(F)(F)F. The van der Waals surface area contributed by atoms with Gasteiger partial charge in [-0.05, 0) is 37.1 Å². The van der Waals surface area contributed by atoms with E-state index in [9.17, 15) is 13.2 Å². The van der Waals surface area contributed by atoms with Gasteiger partial charge in [-0.25, -0.2) is 9.78 Å². The van der Waals surface area contributed by atoms with Crippen LogP contribution in [0.5, 0.6) is 5.75 Å². The molecule has 1 aliphatic rings. The van der Waals surface area contributed by atoms with E-state index >= 15 is 0 Å². The number of hydrogen-bond acceptors (Lipinski definition) is 8. The van der Waals surface area contributed by atoms with Gasteiger partial charge in [0.25, 0.3) is 0 Å². The Morgan fingerprint density at radius 3 is 2.52 bits per heavy atom. The van der Waals surface area contributed by atoms with Crippen molar-refractivity contribution in [1.82, 2.24) is 25.0 Å². The summed E-state index contributed by atoms with van der Waals surface area (Å²) in [7, 11) is 0. The minimum Gasteiger partial charge on any atom is -0.491 e. The van der Waals surface area contributed by atoms with E-state index in [0.717, 1.165) is 12.8 Å². The zero-order chi connectivity index (χ0) is 24.0. The fraction of sp³-hybridized carbons (Fsp3) is 0.421. The van der Waals surface area contributed by atoms with Gasteiger partial charge in [0.1, 0.15) is 12.4 Å². The average Bonchev–Trinajstić information content (AvgIpc) is 3.41. The zero-order valence-corrected chi connectivity index (χ0v) is 17.2. The predicted octanol–water partition coefficient (Wildman–Crippen LogP) is 2.49. The molecule has 1 fully saturated rings. The first-order chi connectivity index (χ1) is 15.6. The molecule has 0 saturated heterocycles. The van der Waals surface area contributed by atoms with Crippen LogP contribution in [0.3, 0.4) is 0 Å². The third-order valence-corrected chi connectivity index (χ3v) is 4.75. The van der Waals surface area contributed by atoms with Gasteiger partial charge in [-0.1, -0.05) is 18.1 Å². The molecular weight excluding hydrogens is 447 g/mol. The van der Waals surface area contributed by atoms with Gasteiger partial charge in [-0.2, -0.15) is 22.8 Å². The van der Waals surface area contributed by atoms with Crippen LogP contribution >= 0.6 is 0 Å². The molecule has 3 aromatic rings. The average molecular weight is 469 g/mol. The summed E-state index contributed by atoms with van der Waals surface area (Å²) < 4.78 is 43.6. The molecule has 0 aliphatic heterocycles. The summed E-state index contributed by atoms with van der Waals surface area (Å²) in [5.74, 6) is 0.703. The van der Waals surface area contributed by atoms with E-state index in [4.69, 9.17) is 19.7 Å². The molecule has 11 nitrogen and oxygen atoms in total. The number of carbonyl (C=O) groups is 1. The summed E-state index contributed by atoms with van der Waals surface area (Å²) in [4.78, 5) is 17.6. The first-order valence-corrected chi connectivity index (χ1v) is 9.95. The lowest BCUT2D eigenvalue weighted by atomic mass is 10.2. The van der Waals surface area contributed by atoms with Gasteiger partial charge in [0, 0.05) is 6.04 Å². The summed E-state index contributed by atoms with van der Waals surface area (Å²) >= 11 is 0. The zero-order valence-electron chi connectivity index (χ0n) is 17.2. The largest absolute Gasteiger partial charge is 0.491 e. The third kappa shape index (κ3) is 6.65. The Bertz CT molecular complexity index is 1070. The summed E-state index contributed by atoms with van der Waals surface area (Å²) in [5, 5.41) is 27.7. The van der Waals surface area contributed by atoms with Gasteiger partial charge in [0.2, 0.25) is 5.95 Å². The molecule has 1 aliphatic carbocycles. The van der Waals surface area contributed by atoms with Crippen LogP contribution in [0.1, 0.15) is 25.7 Å². The van der Waals surface area contributed by atoms with Crippen LogP contribution in [0, 0.1) is 0 Å². The number of anilines is 1. The van der Waals surface area contributed by atoms with Crippen molar-refractivity contribution in [2.75, 3.05) is 11.9 Å². The van der Waals surface area contributed by atoms with Gasteiger partial charge in [-0.3, -0.25) is 0 Å². The molecule has 14 heteroatoms. The monoisotopic (exact) mass is 469 g/mol. The number of primary amides is 1. The van der Waals surface area contributed by atoms with Crippen molar-refractivity contribution < 1.29 is 32.9 Å². The summed E-state index contributed by atoms with van der Waals surface area (Å²) in [5.41, 5.74) is 5.68. The molecule has 2 aromatic heterocycles. The molecule has 5 N–H and O–H groups in total. The van der Waals surface area contributed by atoms with Crippen molar-refractivity contribution in [3.05, 3.63) is 30.5 Å². The van der Waals surface area contributed by atoms with E-state index in [1.807, 2.05) is 0 Å². The molecule has 2 heterocycles. The quantitative estimate of drug-likeness (QED) is 0.425. The van der Waals surface area contributed by atoms with E-state index in [2.05, 4.69) is 31.3 Å². The molecule has 33 heavy (non-hydrogen) atoms. The van der Waals surface area contributed by atoms with Gasteiger partial charge >= 0.3 is 12.3 Å². The molecular formula is C19H22F3N7O4. The van der Waals surface area contributed by atoms with Gasteiger partial charge in [0.05, 0.1) is 11.9 Å². The highest BCUT2D eigenvalue weighted by Gasteiger charge is 2.38. The number of aromatic nitrogens is 5. The second-order valence-electron chi connectivity index (χ2n) is 7.23. The topological polar surface area (TPSA) is 161 Å². The third-order valence-electron chi connectivity index (χ3n) is 4.75. The molecule has 1 saturated carbocycles. The summed E-state index contributed by atoms with van der Waals surface area (Å²) in [6.07, 6.45) is -2.44. The second kappa shape index (κ2) is 10.3. The minimum absolute atomic E-state index is 0.194. The van der Waals surface area contributed by atoms with E-state index in [1.54, 1.807) is 18.3 Å². The number of aliphatic hydroxyl groups excluding tert-OH is 1. The van der Waals surface area contributed by atoms with Crippen molar-refractivity contribution in [2.45, 2.75) is 44.0 Å². The maximum atomic E-state index is 12.3. The van der Waals surface area contributed by atoms with Crippen LogP contribution in [0.2, 0.25) is 0 Å². The molecule has 1 atom stereocenters. The van der Waals surface area contributed by atoms with Crippen LogP contribution in [0.4, 0.5) is 23.9 Å². The number of ether oxygens (including phenoxy) is 1. The summed E-state index contributed by atoms with van der Waals surface area (Å²) in [6.45, 7) is -0.876. The Morgan fingerprint density at radius 1 is 1.27 bits per heavy atom. The van der Waals surface area contributed by atoms with E-state index in [0.29, 0.717) is 28.8 Å². The Morgan fingerprint density at radius 2 is 1.91 bits per heavy atom. The lowest BCUT2D eigenvalue weighted by molar-refractivity contribution is -0.210. The Kier molecular flexibility index (Phi) is 7.48. The van der Waals surface area contributed by atoms with E-state index < -0.39 is 25.0 Å². The highest BCUT2D eigenvalue weighted by molar-refractivity contribution is 5.72. The molecule has 178 valence electrons. The number of nitrogens with zero attached hydrogens (tertiary/aromatic N) is 5. The lowest BCUT2D eigenvalue weighted by Crippen LogP contribution is -2.34. The fourth-order valence-corrected chi connectivity index (χ4v) is 3.18. The van der Waals surface area contributed by atoms with E-state index in [-0.39, 0.29) is 5.75 Å². The Hall–Kier alpha value is -3.68. The standard InChI is InChI=1S/C18H19F3N6O2.CH3NO2/c19-18(20,21)15(28)10-29-13-7-5-12(6-8-13)27-16-14(25-26-27)9-22-17(24-16)23-11-3-1-2-4-11;2-1(3)4/h5-9,11,15,28H,1-4,10H2,(H,22,23,24);2H2,(H,3,4)/t15-;/m1./s1. The number of alkyl halides is 3. The van der Waals surface area contributed by atoms with Crippen molar-refractivity contribution in [3.8, 4) is 11.4 Å². The number of halogens is 3. The van der Waals surface area contributed by atoms with Crippen LogP contribution < -0.4 is 15.8 Å².